The van der Waals surface area contributed by atoms with E-state index in [0.717, 1.165) is 22.3 Å². The number of methoxy groups -OCH3 is 1. The molecule has 0 fully saturated rings. The fraction of sp³-hybridized carbons (Fsp3) is 0.276. The monoisotopic (exact) mass is 473 g/mol. The molecule has 0 saturated carbocycles. The van der Waals surface area contributed by atoms with Gasteiger partial charge in [0.25, 0.3) is 0 Å². The van der Waals surface area contributed by atoms with Crippen LogP contribution in [0.15, 0.2) is 72.8 Å². The number of ether oxygens (including phenoxy) is 1. The van der Waals surface area contributed by atoms with Crippen molar-refractivity contribution in [2.24, 2.45) is 0 Å². The number of aliphatic carboxylic acids is 1. The van der Waals surface area contributed by atoms with Gasteiger partial charge in [-0.2, -0.15) is 0 Å². The summed E-state index contributed by atoms with van der Waals surface area (Å²) in [6.45, 7) is 6.65. The number of hydrogen-bond donors (Lipinski definition) is 1. The fourth-order valence-corrected chi connectivity index (χ4v) is 3.72. The second kappa shape index (κ2) is 11.0. The van der Waals surface area contributed by atoms with Crippen molar-refractivity contribution in [3.05, 3.63) is 89.5 Å². The topological polar surface area (TPSA) is 83.9 Å². The zero-order valence-electron chi connectivity index (χ0n) is 20.6. The molecule has 0 aromatic heterocycles. The first-order valence-corrected chi connectivity index (χ1v) is 11.5. The molecule has 0 aliphatic carbocycles. The number of rotatable bonds is 7. The molecule has 182 valence electrons. The van der Waals surface area contributed by atoms with Gasteiger partial charge in [-0.3, -0.25) is 14.5 Å². The van der Waals surface area contributed by atoms with E-state index in [0.29, 0.717) is 12.1 Å². The average Bonchev–Trinajstić information content (AvgIpc) is 2.85. The highest BCUT2D eigenvalue weighted by molar-refractivity contribution is 6.38. The molecular weight excluding hydrogens is 442 g/mol. The van der Waals surface area contributed by atoms with E-state index in [1.165, 1.54) is 17.6 Å². The molecule has 6 heteroatoms. The number of benzene rings is 3. The Morgan fingerprint density at radius 2 is 1.31 bits per heavy atom. The Morgan fingerprint density at radius 3 is 1.80 bits per heavy atom. The second-order valence-electron chi connectivity index (χ2n) is 9.47. The Morgan fingerprint density at radius 1 is 0.800 bits per heavy atom. The summed E-state index contributed by atoms with van der Waals surface area (Å²) in [7, 11) is 1.19. The Labute approximate surface area is 206 Å². The number of amides is 1. The molecule has 3 aromatic rings. The van der Waals surface area contributed by atoms with Crippen molar-refractivity contribution < 1.29 is 24.2 Å². The van der Waals surface area contributed by atoms with Crippen LogP contribution in [0.1, 0.15) is 43.9 Å². The molecule has 1 N–H and O–H groups in total. The summed E-state index contributed by atoms with van der Waals surface area (Å²) in [5.74, 6) is -2.47. The number of carboxylic acid groups (broad SMARTS) is 1. The molecule has 3 aromatic carbocycles. The van der Waals surface area contributed by atoms with Gasteiger partial charge < -0.3 is 9.84 Å². The second-order valence-corrected chi connectivity index (χ2v) is 9.47. The molecule has 3 rings (SSSR count). The summed E-state index contributed by atoms with van der Waals surface area (Å²) in [4.78, 5) is 37.1. The minimum atomic E-state index is -0.919. The largest absolute Gasteiger partial charge is 0.481 e. The van der Waals surface area contributed by atoms with Gasteiger partial charge in [-0.05, 0) is 51.8 Å². The summed E-state index contributed by atoms with van der Waals surface area (Å²) in [6, 6.07) is 23.1. The van der Waals surface area contributed by atoms with Gasteiger partial charge >= 0.3 is 17.8 Å². The highest BCUT2D eigenvalue weighted by Gasteiger charge is 2.24. The number of hydrogen-bond acceptors (Lipinski definition) is 4. The normalized spacial score (nSPS) is 11.1. The van der Waals surface area contributed by atoms with Crippen LogP contribution in [0.2, 0.25) is 0 Å². The zero-order valence-corrected chi connectivity index (χ0v) is 20.6. The van der Waals surface area contributed by atoms with E-state index in [1.807, 2.05) is 60.7 Å². The van der Waals surface area contributed by atoms with Crippen LogP contribution < -0.4 is 4.90 Å². The first kappa shape index (κ1) is 25.7. The van der Waals surface area contributed by atoms with Crippen LogP contribution in [0.5, 0.6) is 0 Å². The van der Waals surface area contributed by atoms with E-state index in [2.05, 4.69) is 25.5 Å². The van der Waals surface area contributed by atoms with E-state index in [1.54, 1.807) is 12.1 Å². The van der Waals surface area contributed by atoms with Crippen molar-refractivity contribution in [2.75, 3.05) is 12.0 Å². The standard InChI is InChI=1S/C29H31NO5/c1-29(2,3)24-14-7-21(8-15-24)19-30(27(33)28(34)35-4)25-16-12-23(13-17-25)22-10-5-20(6-11-22)9-18-26(31)32/h5-8,10-17H,9,18-19H2,1-4H3,(H,31,32). The molecule has 6 nitrogen and oxygen atoms in total. The summed E-state index contributed by atoms with van der Waals surface area (Å²) in [5, 5.41) is 8.85. The molecule has 35 heavy (non-hydrogen) atoms. The molecule has 0 spiro atoms. The van der Waals surface area contributed by atoms with Gasteiger partial charge in [-0.15, -0.1) is 0 Å². The number of aryl methyl sites for hydroxylation is 1. The van der Waals surface area contributed by atoms with Crippen molar-refractivity contribution in [1.29, 1.82) is 0 Å². The molecule has 0 aliphatic heterocycles. The lowest BCUT2D eigenvalue weighted by molar-refractivity contribution is -0.151. The van der Waals surface area contributed by atoms with Gasteiger partial charge in [-0.25, -0.2) is 4.79 Å². The lowest BCUT2D eigenvalue weighted by atomic mass is 9.87. The van der Waals surface area contributed by atoms with Crippen molar-refractivity contribution in [1.82, 2.24) is 0 Å². The average molecular weight is 474 g/mol. The van der Waals surface area contributed by atoms with E-state index >= 15 is 0 Å². The number of nitrogens with zero attached hydrogens (tertiary/aromatic N) is 1. The first-order chi connectivity index (χ1) is 16.6. The zero-order chi connectivity index (χ0) is 25.6. The summed E-state index contributed by atoms with van der Waals surface area (Å²) < 4.78 is 4.69. The molecule has 0 heterocycles. The maximum Gasteiger partial charge on any atom is 0.397 e. The van der Waals surface area contributed by atoms with Gasteiger partial charge in [0.2, 0.25) is 0 Å². The van der Waals surface area contributed by atoms with Crippen LogP contribution in [0.25, 0.3) is 11.1 Å². The minimum absolute atomic E-state index is 0.0182. The number of anilines is 1. The third-order valence-corrected chi connectivity index (χ3v) is 5.86. The highest BCUT2D eigenvalue weighted by Crippen LogP contribution is 2.27. The molecule has 0 atom stereocenters. The molecule has 0 aliphatic rings. The molecule has 0 radical (unpaired) electrons. The van der Waals surface area contributed by atoms with Gasteiger partial charge in [0.1, 0.15) is 0 Å². The number of carboxylic acids is 1. The van der Waals surface area contributed by atoms with Gasteiger partial charge in [0.15, 0.2) is 0 Å². The molecule has 0 saturated heterocycles. The SMILES string of the molecule is COC(=O)C(=O)N(Cc1ccc(C(C)(C)C)cc1)c1ccc(-c2ccc(CCC(=O)O)cc2)cc1. The minimum Gasteiger partial charge on any atom is -0.481 e. The smallest absolute Gasteiger partial charge is 0.397 e. The predicted molar refractivity (Wildman–Crippen MR) is 136 cm³/mol. The van der Waals surface area contributed by atoms with Crippen LogP contribution in [0, 0.1) is 0 Å². The van der Waals surface area contributed by atoms with Crippen molar-refractivity contribution in [3.63, 3.8) is 0 Å². The Kier molecular flexibility index (Phi) is 8.07. The van der Waals surface area contributed by atoms with Gasteiger partial charge in [0.05, 0.1) is 13.7 Å². The van der Waals surface area contributed by atoms with Gasteiger partial charge in [-0.1, -0.05) is 81.4 Å². The highest BCUT2D eigenvalue weighted by atomic mass is 16.5. The van der Waals surface area contributed by atoms with E-state index in [4.69, 9.17) is 5.11 Å². The lowest BCUT2D eigenvalue weighted by Crippen LogP contribution is -2.36. The molecule has 0 bridgehead atoms. The quantitative estimate of drug-likeness (QED) is 0.368. The maximum atomic E-state index is 12.8. The van der Waals surface area contributed by atoms with Crippen molar-refractivity contribution in [2.45, 2.75) is 45.6 Å². The number of carbonyl (C=O) groups excluding carboxylic acids is 2. The van der Waals surface area contributed by atoms with Crippen LogP contribution in [0.4, 0.5) is 5.69 Å². The third-order valence-electron chi connectivity index (χ3n) is 5.86. The van der Waals surface area contributed by atoms with Crippen LogP contribution >= 0.6 is 0 Å². The summed E-state index contributed by atoms with van der Waals surface area (Å²) in [5.41, 5.74) is 5.56. The van der Waals surface area contributed by atoms with Crippen molar-refractivity contribution >= 4 is 23.5 Å². The third kappa shape index (κ3) is 6.79. The first-order valence-electron chi connectivity index (χ1n) is 11.5. The lowest BCUT2D eigenvalue weighted by Gasteiger charge is -2.23. The number of esters is 1. The summed E-state index contributed by atoms with van der Waals surface area (Å²) in [6.07, 6.45) is 0.576. The molecule has 1 amide bonds. The van der Waals surface area contributed by atoms with Crippen molar-refractivity contribution in [3.8, 4) is 11.1 Å². The van der Waals surface area contributed by atoms with Gasteiger partial charge in [0, 0.05) is 12.1 Å². The molecule has 0 unspecified atom stereocenters. The Balaban J connectivity index is 1.82. The Bertz CT molecular complexity index is 1170. The predicted octanol–water partition coefficient (Wildman–Crippen LogP) is 5.37. The van der Waals surface area contributed by atoms with Crippen LogP contribution in [0.3, 0.4) is 0 Å². The van der Waals surface area contributed by atoms with Crippen LogP contribution in [-0.4, -0.2) is 30.1 Å². The number of carbonyl (C=O) groups is 3. The maximum absolute atomic E-state index is 12.8. The Hall–Kier alpha value is -3.93. The molecular formula is C29H31NO5. The van der Waals surface area contributed by atoms with Crippen LogP contribution in [-0.2, 0) is 37.5 Å². The van der Waals surface area contributed by atoms with E-state index < -0.39 is 17.8 Å². The van der Waals surface area contributed by atoms with E-state index in [9.17, 15) is 14.4 Å². The van der Waals surface area contributed by atoms with E-state index in [-0.39, 0.29) is 18.4 Å². The summed E-state index contributed by atoms with van der Waals surface area (Å²) >= 11 is 0. The fourth-order valence-electron chi connectivity index (χ4n) is 3.72.